The monoisotopic (exact) mass is 277 g/mol. The van der Waals surface area contributed by atoms with Crippen LogP contribution >= 0.6 is 0 Å². The number of hydrogen-bond donors (Lipinski definition) is 1. The molecule has 1 N–H and O–H groups in total. The molecule has 1 aromatic heterocycles. The van der Waals surface area contributed by atoms with Gasteiger partial charge in [0, 0.05) is 57.1 Å². The van der Waals surface area contributed by atoms with Crippen LogP contribution in [0.1, 0.15) is 25.7 Å². The number of pyridine rings is 1. The fourth-order valence-electron chi connectivity index (χ4n) is 2.42. The van der Waals surface area contributed by atoms with Crippen LogP contribution in [0.5, 0.6) is 0 Å². The van der Waals surface area contributed by atoms with Crippen molar-refractivity contribution >= 4 is 5.91 Å². The highest BCUT2D eigenvalue weighted by molar-refractivity contribution is 5.76. The molecular formula is C15H23N3O2. The maximum Gasteiger partial charge on any atom is 0.222 e. The van der Waals surface area contributed by atoms with Crippen LogP contribution in [-0.2, 0) is 11.3 Å². The molecule has 1 aliphatic rings. The number of nitrogens with zero attached hydrogens (tertiary/aromatic N) is 2. The van der Waals surface area contributed by atoms with E-state index >= 15 is 0 Å². The quantitative estimate of drug-likeness (QED) is 0.812. The molecule has 2 heterocycles. The molecule has 0 unspecified atom stereocenters. The Morgan fingerprint density at radius 2 is 1.95 bits per heavy atom. The minimum atomic E-state index is 0.0335. The molecule has 1 fully saturated rings. The van der Waals surface area contributed by atoms with Crippen LogP contribution in [0.15, 0.2) is 29.3 Å². The van der Waals surface area contributed by atoms with Crippen molar-refractivity contribution in [2.75, 3.05) is 26.2 Å². The summed E-state index contributed by atoms with van der Waals surface area (Å²) < 4.78 is 1.99. The second-order valence-electron chi connectivity index (χ2n) is 5.21. The van der Waals surface area contributed by atoms with Gasteiger partial charge >= 0.3 is 0 Å². The van der Waals surface area contributed by atoms with E-state index in [0.29, 0.717) is 6.42 Å². The molecule has 110 valence electrons. The van der Waals surface area contributed by atoms with E-state index in [2.05, 4.69) is 5.32 Å². The third kappa shape index (κ3) is 4.81. The second kappa shape index (κ2) is 7.85. The van der Waals surface area contributed by atoms with Crippen LogP contribution in [0.3, 0.4) is 0 Å². The van der Waals surface area contributed by atoms with Gasteiger partial charge < -0.3 is 14.8 Å². The van der Waals surface area contributed by atoms with Crippen LogP contribution in [0.2, 0.25) is 0 Å². The van der Waals surface area contributed by atoms with Crippen molar-refractivity contribution < 1.29 is 4.79 Å². The number of rotatable bonds is 5. The van der Waals surface area contributed by atoms with Crippen molar-refractivity contribution in [1.29, 1.82) is 0 Å². The predicted molar refractivity (Wildman–Crippen MR) is 78.6 cm³/mol. The second-order valence-corrected chi connectivity index (χ2v) is 5.21. The Bertz CT molecular complexity index is 456. The summed E-state index contributed by atoms with van der Waals surface area (Å²) in [6.07, 6.45) is 7.12. The van der Waals surface area contributed by atoms with E-state index in [9.17, 15) is 9.59 Å². The Kier molecular flexibility index (Phi) is 5.80. The Morgan fingerprint density at radius 3 is 2.75 bits per heavy atom. The van der Waals surface area contributed by atoms with Gasteiger partial charge in [0.05, 0.1) is 0 Å². The van der Waals surface area contributed by atoms with Crippen LogP contribution < -0.4 is 10.7 Å². The van der Waals surface area contributed by atoms with Crippen molar-refractivity contribution in [2.45, 2.75) is 32.2 Å². The van der Waals surface area contributed by atoms with Gasteiger partial charge in [-0.05, 0) is 25.8 Å². The van der Waals surface area contributed by atoms with E-state index in [1.54, 1.807) is 24.5 Å². The fraction of sp³-hybridized carbons (Fsp3) is 0.600. The van der Waals surface area contributed by atoms with Gasteiger partial charge in [-0.3, -0.25) is 9.59 Å². The van der Waals surface area contributed by atoms with E-state index in [4.69, 9.17) is 0 Å². The van der Waals surface area contributed by atoms with Gasteiger partial charge in [-0.2, -0.15) is 0 Å². The molecule has 5 heteroatoms. The van der Waals surface area contributed by atoms with Crippen LogP contribution in [-0.4, -0.2) is 41.6 Å². The zero-order valence-corrected chi connectivity index (χ0v) is 11.9. The van der Waals surface area contributed by atoms with Gasteiger partial charge in [0.2, 0.25) is 5.91 Å². The van der Waals surface area contributed by atoms with Gasteiger partial charge in [0.15, 0.2) is 5.43 Å². The topological polar surface area (TPSA) is 54.3 Å². The summed E-state index contributed by atoms with van der Waals surface area (Å²) in [7, 11) is 0. The highest BCUT2D eigenvalue weighted by Gasteiger charge is 2.14. The number of carbonyl (C=O) groups is 1. The van der Waals surface area contributed by atoms with Gasteiger partial charge in [0.1, 0.15) is 0 Å². The van der Waals surface area contributed by atoms with E-state index in [-0.39, 0.29) is 11.3 Å². The molecule has 0 atom stereocenters. The molecule has 0 bridgehead atoms. The maximum atomic E-state index is 12.1. The smallest absolute Gasteiger partial charge is 0.222 e. The van der Waals surface area contributed by atoms with Crippen molar-refractivity contribution in [1.82, 2.24) is 14.8 Å². The SMILES string of the molecule is O=C(CCCCn1ccc(=O)cc1)N1CCCNCC1. The molecule has 1 saturated heterocycles. The third-order valence-corrected chi connectivity index (χ3v) is 3.61. The van der Waals surface area contributed by atoms with Crippen LogP contribution in [0, 0.1) is 0 Å². The lowest BCUT2D eigenvalue weighted by molar-refractivity contribution is -0.131. The number of aromatic nitrogens is 1. The minimum absolute atomic E-state index is 0.0335. The lowest BCUT2D eigenvalue weighted by atomic mass is 10.2. The number of nitrogens with one attached hydrogen (secondary N) is 1. The van der Waals surface area contributed by atoms with Crippen LogP contribution in [0.4, 0.5) is 0 Å². The summed E-state index contributed by atoms with van der Waals surface area (Å²) in [6.45, 7) is 4.48. The fourth-order valence-corrected chi connectivity index (χ4v) is 2.42. The number of unbranched alkanes of at least 4 members (excludes halogenated alkanes) is 1. The van der Waals surface area contributed by atoms with Crippen molar-refractivity contribution in [2.24, 2.45) is 0 Å². The molecule has 0 spiro atoms. The van der Waals surface area contributed by atoms with Gasteiger partial charge in [-0.1, -0.05) is 0 Å². The standard InChI is InChI=1S/C15H23N3O2/c19-14-5-11-17(12-6-14)9-2-1-4-15(20)18-10-3-7-16-8-13-18/h5-6,11-12,16H,1-4,7-10,13H2. The Morgan fingerprint density at radius 1 is 1.15 bits per heavy atom. The Labute approximate surface area is 119 Å². The first-order chi connectivity index (χ1) is 9.75. The highest BCUT2D eigenvalue weighted by Crippen LogP contribution is 2.04. The highest BCUT2D eigenvalue weighted by atomic mass is 16.2. The summed E-state index contributed by atoms with van der Waals surface area (Å²) in [5, 5.41) is 3.30. The number of aryl methyl sites for hydroxylation is 1. The molecule has 1 aliphatic heterocycles. The minimum Gasteiger partial charge on any atom is -0.354 e. The average Bonchev–Trinajstić information content (AvgIpc) is 2.74. The van der Waals surface area contributed by atoms with E-state index in [1.165, 1.54) is 0 Å². The molecule has 0 saturated carbocycles. The summed E-state index contributed by atoms with van der Waals surface area (Å²) in [5.41, 5.74) is 0.0335. The first-order valence-electron chi connectivity index (χ1n) is 7.40. The molecule has 0 aliphatic carbocycles. The first kappa shape index (κ1) is 14.8. The zero-order chi connectivity index (χ0) is 14.2. The number of carbonyl (C=O) groups excluding carboxylic acids is 1. The lowest BCUT2D eigenvalue weighted by Gasteiger charge is -2.19. The van der Waals surface area contributed by atoms with Gasteiger partial charge in [-0.15, -0.1) is 0 Å². The maximum absolute atomic E-state index is 12.1. The molecule has 2 rings (SSSR count). The largest absolute Gasteiger partial charge is 0.354 e. The number of hydrogen-bond acceptors (Lipinski definition) is 3. The normalized spacial score (nSPS) is 15.9. The van der Waals surface area contributed by atoms with Crippen molar-refractivity contribution in [3.05, 3.63) is 34.7 Å². The average molecular weight is 277 g/mol. The summed E-state index contributed by atoms with van der Waals surface area (Å²) in [6, 6.07) is 3.13. The molecule has 0 radical (unpaired) electrons. The molecule has 5 nitrogen and oxygen atoms in total. The van der Waals surface area contributed by atoms with E-state index < -0.39 is 0 Å². The zero-order valence-electron chi connectivity index (χ0n) is 11.9. The molecule has 0 aromatic carbocycles. The first-order valence-corrected chi connectivity index (χ1v) is 7.40. The lowest BCUT2D eigenvalue weighted by Crippen LogP contribution is -2.33. The summed E-state index contributed by atoms with van der Waals surface area (Å²) in [5.74, 6) is 0.272. The molecule has 1 aromatic rings. The van der Waals surface area contributed by atoms with Crippen LogP contribution in [0.25, 0.3) is 0 Å². The van der Waals surface area contributed by atoms with Gasteiger partial charge in [0.25, 0.3) is 0 Å². The Balaban J connectivity index is 1.66. The van der Waals surface area contributed by atoms with Crippen molar-refractivity contribution in [3.8, 4) is 0 Å². The van der Waals surface area contributed by atoms with E-state index in [1.807, 2.05) is 9.47 Å². The van der Waals surface area contributed by atoms with Crippen molar-refractivity contribution in [3.63, 3.8) is 0 Å². The van der Waals surface area contributed by atoms with E-state index in [0.717, 1.165) is 52.0 Å². The summed E-state index contributed by atoms with van der Waals surface area (Å²) >= 11 is 0. The Hall–Kier alpha value is -1.62. The third-order valence-electron chi connectivity index (χ3n) is 3.61. The molecule has 1 amide bonds. The molecular weight excluding hydrogens is 254 g/mol. The molecule has 20 heavy (non-hydrogen) atoms. The number of amides is 1. The van der Waals surface area contributed by atoms with Gasteiger partial charge in [-0.25, -0.2) is 0 Å². The summed E-state index contributed by atoms with van der Waals surface area (Å²) in [4.78, 5) is 25.0. The predicted octanol–water partition coefficient (Wildman–Crippen LogP) is 0.841.